The number of benzene rings is 1. The van der Waals surface area contributed by atoms with Crippen LogP contribution in [0.4, 0.5) is 17.2 Å². The van der Waals surface area contributed by atoms with Crippen LogP contribution < -0.4 is 15.8 Å². The van der Waals surface area contributed by atoms with E-state index in [1.54, 1.807) is 42.9 Å². The Bertz CT molecular complexity index is 1980. The molecule has 0 fully saturated rings. The molecule has 1 aromatic carbocycles. The standard InChI is InChI=1S/C35H36N7O5PS/c1-35(2)18-26-25-10-14-42(34(44)32(25)49-30(26)19-35)29-8-4-7-24(27(29)21-47-48(45-15-5-11-36)46-16-6-12-37)23-17-28(33(43)41(3)20-23)40-31-9-13-38-22-39-31/h4,7-9,13,17,20,22H,5-6,10,14-16,18-19,21H2,1-3H3,(H,38,39,40). The molecule has 4 aromatic rings. The van der Waals surface area contributed by atoms with Crippen molar-refractivity contribution >= 4 is 43.0 Å². The number of carbonyl (C=O) groups is 1. The number of carbonyl (C=O) groups excluding carboxylic acids is 1. The van der Waals surface area contributed by atoms with Crippen LogP contribution in [0.25, 0.3) is 11.1 Å². The molecule has 1 aliphatic carbocycles. The van der Waals surface area contributed by atoms with E-state index >= 15 is 0 Å². The van der Waals surface area contributed by atoms with Gasteiger partial charge in [0, 0.05) is 42.0 Å². The van der Waals surface area contributed by atoms with Gasteiger partial charge in [-0.15, -0.1) is 11.3 Å². The lowest BCUT2D eigenvalue weighted by molar-refractivity contribution is 0.0984. The van der Waals surface area contributed by atoms with Gasteiger partial charge in [0.05, 0.1) is 55.4 Å². The van der Waals surface area contributed by atoms with Crippen molar-refractivity contribution in [3.63, 3.8) is 0 Å². The van der Waals surface area contributed by atoms with Crippen molar-refractivity contribution in [2.24, 2.45) is 12.5 Å². The first-order chi connectivity index (χ1) is 23.7. The minimum Gasteiger partial charge on any atom is -0.336 e. The van der Waals surface area contributed by atoms with Crippen molar-refractivity contribution in [3.8, 4) is 23.3 Å². The number of aromatic nitrogens is 3. The number of rotatable bonds is 13. The minimum atomic E-state index is -1.91. The number of nitriles is 2. The van der Waals surface area contributed by atoms with E-state index < -0.39 is 8.60 Å². The van der Waals surface area contributed by atoms with E-state index in [-0.39, 0.29) is 49.5 Å². The van der Waals surface area contributed by atoms with Crippen LogP contribution in [0.3, 0.4) is 0 Å². The number of hydrogen-bond donors (Lipinski definition) is 1. The Balaban J connectivity index is 1.39. The molecule has 1 amide bonds. The lowest BCUT2D eigenvalue weighted by atomic mass is 9.89. The van der Waals surface area contributed by atoms with Crippen molar-refractivity contribution in [2.45, 2.75) is 52.6 Å². The molecule has 0 radical (unpaired) electrons. The molecule has 3 aromatic heterocycles. The lowest BCUT2D eigenvalue weighted by Crippen LogP contribution is -2.37. The van der Waals surface area contributed by atoms with Crippen LogP contribution in [0.1, 0.15) is 57.9 Å². The average Bonchev–Trinajstić information content (AvgIpc) is 3.58. The fourth-order valence-electron chi connectivity index (χ4n) is 6.25. The number of aryl methyl sites for hydroxylation is 1. The zero-order valence-corrected chi connectivity index (χ0v) is 29.3. The first-order valence-corrected chi connectivity index (χ1v) is 17.8. The summed E-state index contributed by atoms with van der Waals surface area (Å²) in [6.07, 6.45) is 7.74. The Morgan fingerprint density at radius 3 is 2.55 bits per heavy atom. The second-order valence-electron chi connectivity index (χ2n) is 12.6. The number of thiophene rings is 1. The first kappa shape index (κ1) is 34.4. The molecule has 0 bridgehead atoms. The van der Waals surface area contributed by atoms with Gasteiger partial charge in [0.15, 0.2) is 0 Å². The summed E-state index contributed by atoms with van der Waals surface area (Å²) in [5, 5.41) is 21.2. The summed E-state index contributed by atoms with van der Waals surface area (Å²) in [6, 6.07) is 13.2. The largest absolute Gasteiger partial charge is 0.336 e. The van der Waals surface area contributed by atoms with E-state index in [2.05, 4.69) is 29.1 Å². The molecule has 14 heteroatoms. The van der Waals surface area contributed by atoms with Gasteiger partial charge in [0.25, 0.3) is 11.5 Å². The Morgan fingerprint density at radius 1 is 1.06 bits per heavy atom. The monoisotopic (exact) mass is 697 g/mol. The number of anilines is 3. The quantitative estimate of drug-likeness (QED) is 0.120. The maximum atomic E-state index is 14.2. The summed E-state index contributed by atoms with van der Waals surface area (Å²) in [7, 11) is -0.237. The Morgan fingerprint density at radius 2 is 1.84 bits per heavy atom. The highest BCUT2D eigenvalue weighted by molar-refractivity contribution is 7.41. The molecule has 2 aliphatic rings. The van der Waals surface area contributed by atoms with E-state index in [4.69, 9.17) is 24.1 Å². The molecule has 252 valence electrons. The summed E-state index contributed by atoms with van der Waals surface area (Å²) in [5.74, 6) is 0.429. The molecule has 4 heterocycles. The number of amides is 1. The van der Waals surface area contributed by atoms with Crippen LogP contribution in [0, 0.1) is 28.1 Å². The topological polar surface area (TPSA) is 155 Å². The van der Waals surface area contributed by atoms with Crippen molar-refractivity contribution in [2.75, 3.05) is 30.0 Å². The van der Waals surface area contributed by atoms with E-state index in [0.717, 1.165) is 29.7 Å². The first-order valence-electron chi connectivity index (χ1n) is 15.9. The van der Waals surface area contributed by atoms with Crippen molar-refractivity contribution in [3.05, 3.63) is 85.9 Å². The molecule has 1 aliphatic heterocycles. The summed E-state index contributed by atoms with van der Waals surface area (Å²) < 4.78 is 19.3. The lowest BCUT2D eigenvalue weighted by Gasteiger charge is -2.31. The van der Waals surface area contributed by atoms with Crippen molar-refractivity contribution in [1.82, 2.24) is 14.5 Å². The van der Waals surface area contributed by atoms with Gasteiger partial charge in [-0.25, -0.2) is 9.97 Å². The summed E-state index contributed by atoms with van der Waals surface area (Å²) in [5.41, 5.74) is 5.64. The van der Waals surface area contributed by atoms with Gasteiger partial charge in [-0.05, 0) is 59.6 Å². The third-order valence-corrected chi connectivity index (χ3v) is 10.8. The van der Waals surface area contributed by atoms with Crippen molar-refractivity contribution in [1.29, 1.82) is 10.5 Å². The van der Waals surface area contributed by atoms with Gasteiger partial charge >= 0.3 is 8.60 Å². The molecule has 0 saturated heterocycles. The Kier molecular flexibility index (Phi) is 10.5. The molecular formula is C35H36N7O5PS. The van der Waals surface area contributed by atoms with Crippen LogP contribution in [-0.2, 0) is 46.5 Å². The van der Waals surface area contributed by atoms with Crippen LogP contribution in [0.15, 0.2) is 53.8 Å². The second-order valence-corrected chi connectivity index (χ2v) is 14.9. The SMILES string of the molecule is Cn1cc(-c2cccc(N3CCc4c(sc5c4CC(C)(C)C5)C3=O)c2COP(OCCC#N)OCCC#N)cc(Nc2ccncn2)c1=O. The molecule has 0 spiro atoms. The van der Waals surface area contributed by atoms with Crippen LogP contribution in [0.5, 0.6) is 0 Å². The molecule has 49 heavy (non-hydrogen) atoms. The number of pyridine rings is 1. The third-order valence-electron chi connectivity index (χ3n) is 8.44. The van der Waals surface area contributed by atoms with Crippen LogP contribution in [0.2, 0.25) is 0 Å². The van der Waals surface area contributed by atoms with Gasteiger partial charge in [0.1, 0.15) is 17.8 Å². The third kappa shape index (κ3) is 7.57. The van der Waals surface area contributed by atoms with Crippen LogP contribution >= 0.6 is 19.9 Å². The van der Waals surface area contributed by atoms with Gasteiger partial charge in [-0.3, -0.25) is 9.59 Å². The molecule has 0 unspecified atom stereocenters. The predicted octanol–water partition coefficient (Wildman–Crippen LogP) is 6.58. The number of nitrogens with one attached hydrogen (secondary N) is 1. The van der Waals surface area contributed by atoms with E-state index in [0.29, 0.717) is 34.9 Å². The summed E-state index contributed by atoms with van der Waals surface area (Å²) in [4.78, 5) is 39.5. The Labute approximate surface area is 289 Å². The highest BCUT2D eigenvalue weighted by Gasteiger charge is 2.38. The zero-order chi connectivity index (χ0) is 34.5. The molecule has 0 atom stereocenters. The Hall–Kier alpha value is -4.49. The number of hydrogen-bond acceptors (Lipinski definition) is 11. The molecule has 1 N–H and O–H groups in total. The fraction of sp³-hybridized carbons (Fsp3) is 0.371. The van der Waals surface area contributed by atoms with E-state index in [1.807, 2.05) is 35.2 Å². The highest BCUT2D eigenvalue weighted by atomic mass is 32.1. The van der Waals surface area contributed by atoms with Gasteiger partial charge in [-0.2, -0.15) is 10.5 Å². The van der Waals surface area contributed by atoms with Gasteiger partial charge < -0.3 is 28.4 Å². The minimum absolute atomic E-state index is 0.000399. The fourth-order valence-corrected chi connectivity index (χ4v) is 8.76. The predicted molar refractivity (Wildman–Crippen MR) is 187 cm³/mol. The van der Waals surface area contributed by atoms with E-state index in [9.17, 15) is 9.59 Å². The average molecular weight is 698 g/mol. The second kappa shape index (κ2) is 15.0. The summed E-state index contributed by atoms with van der Waals surface area (Å²) >= 11 is 1.62. The normalized spacial score (nSPS) is 14.7. The number of fused-ring (bicyclic) bond motifs is 3. The van der Waals surface area contributed by atoms with Crippen molar-refractivity contribution < 1.29 is 18.4 Å². The van der Waals surface area contributed by atoms with E-state index in [1.165, 1.54) is 26.9 Å². The molecule has 12 nitrogen and oxygen atoms in total. The maximum absolute atomic E-state index is 14.2. The highest BCUT2D eigenvalue weighted by Crippen LogP contribution is 2.47. The molecular weight excluding hydrogens is 661 g/mol. The molecule has 6 rings (SSSR count). The summed E-state index contributed by atoms with van der Waals surface area (Å²) in [6.45, 7) is 5.27. The van der Waals surface area contributed by atoms with Gasteiger partial charge in [-0.1, -0.05) is 26.0 Å². The van der Waals surface area contributed by atoms with Gasteiger partial charge in [0.2, 0.25) is 0 Å². The maximum Gasteiger partial charge on any atom is 0.333 e. The number of nitrogens with zero attached hydrogens (tertiary/aromatic N) is 6. The smallest absolute Gasteiger partial charge is 0.333 e. The zero-order valence-electron chi connectivity index (χ0n) is 27.6. The molecule has 0 saturated carbocycles. The van der Waals surface area contributed by atoms with Crippen LogP contribution in [-0.4, -0.2) is 40.2 Å².